The van der Waals surface area contributed by atoms with Crippen molar-refractivity contribution < 1.29 is 14.3 Å². The van der Waals surface area contributed by atoms with Crippen molar-refractivity contribution in [1.82, 2.24) is 0 Å². The van der Waals surface area contributed by atoms with Crippen molar-refractivity contribution in [3.05, 3.63) is 57.0 Å². The number of halogens is 2. The zero-order valence-electron chi connectivity index (χ0n) is 12.2. The van der Waals surface area contributed by atoms with Crippen molar-refractivity contribution in [1.29, 1.82) is 0 Å². The minimum Gasteiger partial charge on any atom is -0.483 e. The Bertz CT molecular complexity index is 765. The lowest BCUT2D eigenvalue weighted by molar-refractivity contribution is -0.118. The molecule has 2 aromatic rings. The SMILES string of the molecule is Cc1ccc(NC(=O)COc2ccc(Cl)cc2C(N)=O)c(Br)c1. The van der Waals surface area contributed by atoms with E-state index in [0.29, 0.717) is 10.7 Å². The Labute approximate surface area is 146 Å². The first-order valence-electron chi connectivity index (χ1n) is 6.65. The lowest BCUT2D eigenvalue weighted by Gasteiger charge is -2.11. The average molecular weight is 398 g/mol. The zero-order chi connectivity index (χ0) is 17.0. The fourth-order valence-corrected chi connectivity index (χ4v) is 2.64. The largest absolute Gasteiger partial charge is 0.483 e. The number of nitrogens with two attached hydrogens (primary N) is 1. The first-order valence-corrected chi connectivity index (χ1v) is 7.82. The maximum Gasteiger partial charge on any atom is 0.262 e. The fraction of sp³-hybridized carbons (Fsp3) is 0.125. The molecule has 0 aliphatic rings. The smallest absolute Gasteiger partial charge is 0.262 e. The van der Waals surface area contributed by atoms with Gasteiger partial charge in [0.25, 0.3) is 11.8 Å². The third-order valence-corrected chi connectivity index (χ3v) is 3.86. The van der Waals surface area contributed by atoms with Gasteiger partial charge in [-0.2, -0.15) is 0 Å². The van der Waals surface area contributed by atoms with Crippen molar-refractivity contribution in [3.63, 3.8) is 0 Å². The molecule has 0 aliphatic carbocycles. The van der Waals surface area contributed by atoms with Crippen LogP contribution in [-0.2, 0) is 4.79 Å². The molecule has 5 nitrogen and oxygen atoms in total. The van der Waals surface area contributed by atoms with Crippen LogP contribution in [0, 0.1) is 6.92 Å². The van der Waals surface area contributed by atoms with E-state index in [9.17, 15) is 9.59 Å². The molecule has 0 fully saturated rings. The maximum absolute atomic E-state index is 12.0. The molecule has 0 saturated heterocycles. The van der Waals surface area contributed by atoms with Gasteiger partial charge < -0.3 is 15.8 Å². The number of hydrogen-bond donors (Lipinski definition) is 2. The van der Waals surface area contributed by atoms with Crippen LogP contribution in [0.2, 0.25) is 5.02 Å². The van der Waals surface area contributed by atoms with Crippen LogP contribution in [0.15, 0.2) is 40.9 Å². The first-order chi connectivity index (χ1) is 10.9. The van der Waals surface area contributed by atoms with E-state index in [-0.39, 0.29) is 23.8 Å². The maximum atomic E-state index is 12.0. The Balaban J connectivity index is 2.03. The highest BCUT2D eigenvalue weighted by molar-refractivity contribution is 9.10. The van der Waals surface area contributed by atoms with Crippen LogP contribution in [0.25, 0.3) is 0 Å². The number of primary amides is 1. The number of carbonyl (C=O) groups is 2. The van der Waals surface area contributed by atoms with E-state index in [4.69, 9.17) is 22.1 Å². The number of carbonyl (C=O) groups excluding carboxylic acids is 2. The highest BCUT2D eigenvalue weighted by Crippen LogP contribution is 2.24. The van der Waals surface area contributed by atoms with E-state index in [1.807, 2.05) is 19.1 Å². The molecule has 0 spiro atoms. The van der Waals surface area contributed by atoms with E-state index in [1.54, 1.807) is 12.1 Å². The summed E-state index contributed by atoms with van der Waals surface area (Å²) in [5, 5.41) is 3.08. The van der Waals surface area contributed by atoms with Gasteiger partial charge in [0.2, 0.25) is 0 Å². The van der Waals surface area contributed by atoms with E-state index in [0.717, 1.165) is 10.0 Å². The standard InChI is InChI=1S/C16H14BrClN2O3/c1-9-2-4-13(12(17)6-9)20-15(21)8-23-14-5-3-10(18)7-11(14)16(19)22/h2-7H,8H2,1H3,(H2,19,22)(H,20,21). The van der Waals surface area contributed by atoms with Gasteiger partial charge in [0, 0.05) is 9.50 Å². The van der Waals surface area contributed by atoms with Crippen LogP contribution in [0.3, 0.4) is 0 Å². The van der Waals surface area contributed by atoms with Crippen LogP contribution in [-0.4, -0.2) is 18.4 Å². The van der Waals surface area contributed by atoms with Gasteiger partial charge in [-0.05, 0) is 58.7 Å². The quantitative estimate of drug-likeness (QED) is 0.810. The van der Waals surface area contributed by atoms with Crippen LogP contribution in [0.5, 0.6) is 5.75 Å². The molecule has 0 atom stereocenters. The lowest BCUT2D eigenvalue weighted by Crippen LogP contribution is -2.22. The van der Waals surface area contributed by atoms with Gasteiger partial charge in [-0.1, -0.05) is 17.7 Å². The first kappa shape index (κ1) is 17.3. The molecule has 0 aromatic heterocycles. The third-order valence-electron chi connectivity index (χ3n) is 2.96. The van der Waals surface area contributed by atoms with Gasteiger partial charge in [0.1, 0.15) is 5.75 Å². The molecule has 3 N–H and O–H groups in total. The van der Waals surface area contributed by atoms with Gasteiger partial charge in [0.05, 0.1) is 11.3 Å². The minimum absolute atomic E-state index is 0.127. The number of amides is 2. The summed E-state index contributed by atoms with van der Waals surface area (Å²) in [4.78, 5) is 23.3. The summed E-state index contributed by atoms with van der Waals surface area (Å²) in [6.45, 7) is 1.69. The fourth-order valence-electron chi connectivity index (χ4n) is 1.87. The topological polar surface area (TPSA) is 81.4 Å². The molecule has 2 amide bonds. The molecule has 23 heavy (non-hydrogen) atoms. The summed E-state index contributed by atoms with van der Waals surface area (Å²) >= 11 is 9.19. The van der Waals surface area contributed by atoms with Crippen molar-refractivity contribution in [2.75, 3.05) is 11.9 Å². The second-order valence-electron chi connectivity index (χ2n) is 4.82. The minimum atomic E-state index is -0.677. The van der Waals surface area contributed by atoms with E-state index in [2.05, 4.69) is 21.2 Å². The summed E-state index contributed by atoms with van der Waals surface area (Å²) in [6.07, 6.45) is 0. The Morgan fingerprint density at radius 3 is 2.65 bits per heavy atom. The van der Waals surface area contributed by atoms with Crippen LogP contribution >= 0.6 is 27.5 Å². The Morgan fingerprint density at radius 2 is 2.00 bits per heavy atom. The van der Waals surface area contributed by atoms with Gasteiger partial charge in [-0.15, -0.1) is 0 Å². The van der Waals surface area contributed by atoms with Gasteiger partial charge >= 0.3 is 0 Å². The number of nitrogens with one attached hydrogen (secondary N) is 1. The zero-order valence-corrected chi connectivity index (χ0v) is 14.6. The van der Waals surface area contributed by atoms with Crippen LogP contribution in [0.1, 0.15) is 15.9 Å². The third kappa shape index (κ3) is 4.71. The molecule has 2 rings (SSSR count). The van der Waals surface area contributed by atoms with Gasteiger partial charge in [-0.3, -0.25) is 9.59 Å². The van der Waals surface area contributed by atoms with E-state index < -0.39 is 5.91 Å². The summed E-state index contributed by atoms with van der Waals surface area (Å²) in [5.41, 5.74) is 7.09. The van der Waals surface area contributed by atoms with E-state index >= 15 is 0 Å². The second kappa shape index (κ2) is 7.48. The van der Waals surface area contributed by atoms with Crippen molar-refractivity contribution in [2.24, 2.45) is 5.73 Å². The molecule has 0 radical (unpaired) electrons. The number of hydrogen-bond acceptors (Lipinski definition) is 3. The summed E-state index contributed by atoms with van der Waals surface area (Å²) in [5.74, 6) is -0.830. The number of aryl methyl sites for hydroxylation is 1. The van der Waals surface area contributed by atoms with Crippen molar-refractivity contribution in [3.8, 4) is 5.75 Å². The molecule has 7 heteroatoms. The molecule has 120 valence electrons. The van der Waals surface area contributed by atoms with Gasteiger partial charge in [-0.25, -0.2) is 0 Å². The molecule has 0 heterocycles. The van der Waals surface area contributed by atoms with Crippen molar-refractivity contribution in [2.45, 2.75) is 6.92 Å². The Kier molecular flexibility index (Phi) is 5.63. The normalized spacial score (nSPS) is 10.2. The van der Waals surface area contributed by atoms with E-state index in [1.165, 1.54) is 12.1 Å². The lowest BCUT2D eigenvalue weighted by atomic mass is 10.2. The Morgan fingerprint density at radius 1 is 1.26 bits per heavy atom. The van der Waals surface area contributed by atoms with Crippen LogP contribution in [0.4, 0.5) is 5.69 Å². The molecule has 0 saturated carbocycles. The highest BCUT2D eigenvalue weighted by atomic mass is 79.9. The molecular weight excluding hydrogens is 384 g/mol. The summed E-state index contributed by atoms with van der Waals surface area (Å²) in [6, 6.07) is 10.0. The summed E-state index contributed by atoms with van der Waals surface area (Å²) in [7, 11) is 0. The molecule has 0 unspecified atom stereocenters. The predicted octanol–water partition coefficient (Wildman–Crippen LogP) is 3.53. The predicted molar refractivity (Wildman–Crippen MR) is 93.0 cm³/mol. The molecule has 0 bridgehead atoms. The number of ether oxygens (including phenoxy) is 1. The monoisotopic (exact) mass is 396 g/mol. The average Bonchev–Trinajstić information content (AvgIpc) is 2.48. The molecule has 0 aliphatic heterocycles. The highest BCUT2D eigenvalue weighted by Gasteiger charge is 2.12. The van der Waals surface area contributed by atoms with Gasteiger partial charge in [0.15, 0.2) is 6.61 Å². The van der Waals surface area contributed by atoms with Crippen LogP contribution < -0.4 is 15.8 Å². The van der Waals surface area contributed by atoms with Crippen molar-refractivity contribution >= 4 is 45.0 Å². The number of rotatable bonds is 5. The second-order valence-corrected chi connectivity index (χ2v) is 6.12. The molecular formula is C16H14BrClN2O3. The molecule has 2 aromatic carbocycles. The Hall–Kier alpha value is -2.05. The number of anilines is 1. The number of benzene rings is 2. The summed E-state index contributed by atoms with van der Waals surface area (Å²) < 4.78 is 6.14.